The van der Waals surface area contributed by atoms with Crippen LogP contribution in [0.4, 0.5) is 4.39 Å². The topological polar surface area (TPSA) is 24.9 Å². The predicted molar refractivity (Wildman–Crippen MR) is 108 cm³/mol. The van der Waals surface area contributed by atoms with E-state index in [2.05, 4.69) is 57.3 Å². The molecule has 2 unspecified atom stereocenters. The SMILES string of the molecule is Cc1ccc(-c2nc(C)c(C(C)NC(C)Cc3cccc(F)c3)s2)cc1. The number of nitrogens with one attached hydrogen (secondary N) is 1. The largest absolute Gasteiger partial charge is 0.307 e. The Hall–Kier alpha value is -2.04. The molecule has 3 rings (SSSR count). The van der Waals surface area contributed by atoms with E-state index in [9.17, 15) is 4.39 Å². The fourth-order valence-electron chi connectivity index (χ4n) is 3.21. The number of aromatic nitrogens is 1. The van der Waals surface area contributed by atoms with Crippen molar-refractivity contribution in [3.05, 3.63) is 76.0 Å². The van der Waals surface area contributed by atoms with Gasteiger partial charge in [0.1, 0.15) is 10.8 Å². The third-order valence-electron chi connectivity index (χ3n) is 4.49. The molecule has 0 radical (unpaired) electrons. The van der Waals surface area contributed by atoms with Crippen LogP contribution in [0.3, 0.4) is 0 Å². The van der Waals surface area contributed by atoms with Crippen molar-refractivity contribution < 1.29 is 4.39 Å². The van der Waals surface area contributed by atoms with Crippen molar-refractivity contribution in [2.24, 2.45) is 0 Å². The van der Waals surface area contributed by atoms with Gasteiger partial charge in [0, 0.05) is 22.5 Å². The summed E-state index contributed by atoms with van der Waals surface area (Å²) >= 11 is 1.74. The Labute approximate surface area is 159 Å². The van der Waals surface area contributed by atoms with Crippen LogP contribution in [0.25, 0.3) is 10.6 Å². The molecule has 0 bridgehead atoms. The van der Waals surface area contributed by atoms with Crippen molar-refractivity contribution in [2.45, 2.75) is 46.2 Å². The second kappa shape index (κ2) is 8.11. The van der Waals surface area contributed by atoms with E-state index in [4.69, 9.17) is 4.98 Å². The van der Waals surface area contributed by atoms with Gasteiger partial charge in [0.25, 0.3) is 0 Å². The molecule has 2 nitrogen and oxygen atoms in total. The zero-order valence-corrected chi connectivity index (χ0v) is 16.5. The number of hydrogen-bond acceptors (Lipinski definition) is 3. The van der Waals surface area contributed by atoms with E-state index in [0.717, 1.165) is 28.2 Å². The fourth-order valence-corrected chi connectivity index (χ4v) is 4.29. The quantitative estimate of drug-likeness (QED) is 0.590. The lowest BCUT2D eigenvalue weighted by molar-refractivity contribution is 0.479. The Kier molecular flexibility index (Phi) is 5.84. The molecule has 136 valence electrons. The minimum absolute atomic E-state index is 0.177. The highest BCUT2D eigenvalue weighted by molar-refractivity contribution is 7.15. The first kappa shape index (κ1) is 18.7. The van der Waals surface area contributed by atoms with Crippen LogP contribution in [0.5, 0.6) is 0 Å². The van der Waals surface area contributed by atoms with Gasteiger partial charge in [-0.15, -0.1) is 11.3 Å². The number of thiazole rings is 1. The summed E-state index contributed by atoms with van der Waals surface area (Å²) in [5.74, 6) is -0.177. The van der Waals surface area contributed by atoms with Gasteiger partial charge < -0.3 is 5.32 Å². The predicted octanol–water partition coefficient (Wildman–Crippen LogP) is 5.85. The van der Waals surface area contributed by atoms with Crippen LogP contribution in [-0.2, 0) is 6.42 Å². The summed E-state index contributed by atoms with van der Waals surface area (Å²) in [5, 5.41) is 4.69. The number of rotatable bonds is 6. The molecule has 2 atom stereocenters. The average molecular weight is 369 g/mol. The first-order valence-corrected chi connectivity index (χ1v) is 9.79. The number of halogens is 1. The van der Waals surface area contributed by atoms with Crippen LogP contribution >= 0.6 is 11.3 Å². The van der Waals surface area contributed by atoms with E-state index in [1.54, 1.807) is 23.5 Å². The second-order valence-corrected chi connectivity index (χ2v) is 7.99. The minimum atomic E-state index is -0.177. The maximum Gasteiger partial charge on any atom is 0.123 e. The summed E-state index contributed by atoms with van der Waals surface area (Å²) in [7, 11) is 0. The third kappa shape index (κ3) is 4.57. The van der Waals surface area contributed by atoms with Crippen LogP contribution in [0.1, 0.15) is 41.6 Å². The van der Waals surface area contributed by atoms with Crippen molar-refractivity contribution in [3.8, 4) is 10.6 Å². The van der Waals surface area contributed by atoms with Crippen molar-refractivity contribution in [1.29, 1.82) is 0 Å². The highest BCUT2D eigenvalue weighted by Gasteiger charge is 2.17. The zero-order valence-electron chi connectivity index (χ0n) is 15.7. The Morgan fingerprint density at radius 2 is 1.81 bits per heavy atom. The van der Waals surface area contributed by atoms with Gasteiger partial charge in [-0.25, -0.2) is 9.37 Å². The third-order valence-corrected chi connectivity index (χ3v) is 5.88. The van der Waals surface area contributed by atoms with Gasteiger partial charge >= 0.3 is 0 Å². The van der Waals surface area contributed by atoms with E-state index in [1.807, 2.05) is 6.07 Å². The Morgan fingerprint density at radius 3 is 2.50 bits per heavy atom. The molecular formula is C22H25FN2S. The first-order chi connectivity index (χ1) is 12.4. The molecular weight excluding hydrogens is 343 g/mol. The highest BCUT2D eigenvalue weighted by atomic mass is 32.1. The number of nitrogens with zero attached hydrogens (tertiary/aromatic N) is 1. The second-order valence-electron chi connectivity index (χ2n) is 6.96. The normalized spacial score (nSPS) is 13.6. The molecule has 0 aliphatic heterocycles. The van der Waals surface area contributed by atoms with Crippen molar-refractivity contribution in [3.63, 3.8) is 0 Å². The van der Waals surface area contributed by atoms with Gasteiger partial charge in [-0.05, 0) is 51.8 Å². The molecule has 0 aliphatic rings. The molecule has 2 aromatic carbocycles. The molecule has 0 saturated heterocycles. The van der Waals surface area contributed by atoms with E-state index < -0.39 is 0 Å². The van der Waals surface area contributed by atoms with Crippen molar-refractivity contribution in [2.75, 3.05) is 0 Å². The lowest BCUT2D eigenvalue weighted by Gasteiger charge is -2.19. The molecule has 0 spiro atoms. The van der Waals surface area contributed by atoms with Crippen LogP contribution in [-0.4, -0.2) is 11.0 Å². The summed E-state index contributed by atoms with van der Waals surface area (Å²) in [5.41, 5.74) is 4.50. The molecule has 0 fully saturated rings. The molecule has 1 heterocycles. The lowest BCUT2D eigenvalue weighted by atomic mass is 10.1. The summed E-state index contributed by atoms with van der Waals surface area (Å²) in [6.07, 6.45) is 0.796. The van der Waals surface area contributed by atoms with Crippen molar-refractivity contribution in [1.82, 2.24) is 10.3 Å². The maximum absolute atomic E-state index is 13.4. The summed E-state index contributed by atoms with van der Waals surface area (Å²) in [4.78, 5) is 6.02. The van der Waals surface area contributed by atoms with Crippen LogP contribution in [0.15, 0.2) is 48.5 Å². The van der Waals surface area contributed by atoms with Crippen LogP contribution < -0.4 is 5.32 Å². The van der Waals surface area contributed by atoms with Crippen LogP contribution in [0.2, 0.25) is 0 Å². The number of hydrogen-bond donors (Lipinski definition) is 1. The molecule has 0 aliphatic carbocycles. The van der Waals surface area contributed by atoms with E-state index >= 15 is 0 Å². The van der Waals surface area contributed by atoms with Gasteiger partial charge in [0.15, 0.2) is 0 Å². The van der Waals surface area contributed by atoms with E-state index in [-0.39, 0.29) is 17.9 Å². The molecule has 1 N–H and O–H groups in total. The Balaban J connectivity index is 1.69. The van der Waals surface area contributed by atoms with E-state index in [0.29, 0.717) is 0 Å². The Bertz CT molecular complexity index is 870. The van der Waals surface area contributed by atoms with Gasteiger partial charge in [0.2, 0.25) is 0 Å². The molecule has 4 heteroatoms. The summed E-state index contributed by atoms with van der Waals surface area (Å²) < 4.78 is 13.4. The molecule has 1 aromatic heterocycles. The summed E-state index contributed by atoms with van der Waals surface area (Å²) in [6, 6.07) is 15.8. The molecule has 0 amide bonds. The smallest absolute Gasteiger partial charge is 0.123 e. The number of benzene rings is 2. The maximum atomic E-state index is 13.4. The highest BCUT2D eigenvalue weighted by Crippen LogP contribution is 2.32. The molecule has 26 heavy (non-hydrogen) atoms. The van der Waals surface area contributed by atoms with Gasteiger partial charge in [-0.3, -0.25) is 0 Å². The minimum Gasteiger partial charge on any atom is -0.307 e. The lowest BCUT2D eigenvalue weighted by Crippen LogP contribution is -2.30. The average Bonchev–Trinajstić information content (AvgIpc) is 2.97. The fraction of sp³-hybridized carbons (Fsp3) is 0.318. The van der Waals surface area contributed by atoms with E-state index in [1.165, 1.54) is 16.5 Å². The monoisotopic (exact) mass is 368 g/mol. The van der Waals surface area contributed by atoms with Gasteiger partial charge in [-0.2, -0.15) is 0 Å². The van der Waals surface area contributed by atoms with Gasteiger partial charge in [0.05, 0.1) is 5.69 Å². The summed E-state index contributed by atoms with van der Waals surface area (Å²) in [6.45, 7) is 8.47. The number of aryl methyl sites for hydroxylation is 2. The standard InChI is InChI=1S/C22H25FN2S/c1-14-8-10-19(11-9-14)22-25-17(4)21(26-22)16(3)24-15(2)12-18-6-5-7-20(23)13-18/h5-11,13,15-16,24H,12H2,1-4H3. The van der Waals surface area contributed by atoms with Crippen LogP contribution in [0, 0.1) is 19.7 Å². The Morgan fingerprint density at radius 1 is 1.08 bits per heavy atom. The zero-order chi connectivity index (χ0) is 18.7. The molecule has 3 aromatic rings. The van der Waals surface area contributed by atoms with Crippen molar-refractivity contribution >= 4 is 11.3 Å². The molecule has 0 saturated carbocycles. The van der Waals surface area contributed by atoms with Gasteiger partial charge in [-0.1, -0.05) is 42.0 Å². The first-order valence-electron chi connectivity index (χ1n) is 8.97.